The maximum Gasteiger partial charge on any atom is 0.302 e. The number of allylic oxidation sites excluding steroid dienone is 1. The van der Waals surface area contributed by atoms with E-state index in [0.717, 1.165) is 38.5 Å². The molecule has 8 unspecified atom stereocenters. The third-order valence-electron chi connectivity index (χ3n) is 10.6. The van der Waals surface area contributed by atoms with Crippen LogP contribution >= 0.6 is 0 Å². The number of fused-ring (bicyclic) bond motifs is 6. The van der Waals surface area contributed by atoms with Gasteiger partial charge in [0.1, 0.15) is 11.9 Å². The van der Waals surface area contributed by atoms with E-state index in [0.29, 0.717) is 29.5 Å². The fourth-order valence-corrected chi connectivity index (χ4v) is 8.75. The lowest BCUT2D eigenvalue weighted by Crippen LogP contribution is -2.51. The SMILES string of the molecule is CC(=O)OC1CCC2(C)C(=CCC3C4CC(C5(O)C(=O)Nc6ccccc65)C(=O)C4(C)CCC32)C1. The number of benzene rings is 1. The van der Waals surface area contributed by atoms with Gasteiger partial charge in [0.2, 0.25) is 0 Å². The van der Waals surface area contributed by atoms with Crippen LogP contribution in [0.3, 0.4) is 0 Å². The van der Waals surface area contributed by atoms with E-state index in [1.165, 1.54) is 12.5 Å². The molecule has 1 amide bonds. The lowest BCUT2D eigenvalue weighted by atomic mass is 9.48. The van der Waals surface area contributed by atoms with E-state index >= 15 is 0 Å². The predicted molar refractivity (Wildman–Crippen MR) is 130 cm³/mol. The Morgan fingerprint density at radius 3 is 2.60 bits per heavy atom. The van der Waals surface area contributed by atoms with E-state index in [1.807, 2.05) is 12.1 Å². The molecule has 0 radical (unpaired) electrons. The normalized spacial score (nSPS) is 43.9. The number of anilines is 1. The second kappa shape index (κ2) is 7.52. The smallest absolute Gasteiger partial charge is 0.302 e. The van der Waals surface area contributed by atoms with Crippen LogP contribution in [0.1, 0.15) is 71.3 Å². The van der Waals surface area contributed by atoms with E-state index in [2.05, 4.69) is 25.2 Å². The van der Waals surface area contributed by atoms with Gasteiger partial charge in [-0.2, -0.15) is 0 Å². The molecule has 1 heterocycles. The fourth-order valence-electron chi connectivity index (χ4n) is 8.75. The van der Waals surface area contributed by atoms with Gasteiger partial charge in [-0.3, -0.25) is 14.4 Å². The standard InChI is InChI=1S/C29H35NO5/c1-16(31)35-18-10-12-27(2)17(14-18)8-9-19-20(27)11-13-28(3)22(19)15-23(25(28)32)29(34)21-6-4-5-7-24(21)30-26(29)33/h4-8,18-20,22-23,34H,9-15H2,1-3H3,(H,30,33). The zero-order valence-corrected chi connectivity index (χ0v) is 20.8. The highest BCUT2D eigenvalue weighted by Gasteiger charge is 2.66. The Hall–Kier alpha value is -2.47. The maximum atomic E-state index is 14.0. The molecule has 1 aromatic carbocycles. The third kappa shape index (κ3) is 3.01. The molecule has 3 saturated carbocycles. The van der Waals surface area contributed by atoms with E-state index in [9.17, 15) is 19.5 Å². The van der Waals surface area contributed by atoms with Crippen LogP contribution in [0.2, 0.25) is 0 Å². The fraction of sp³-hybridized carbons (Fsp3) is 0.621. The Balaban J connectivity index is 1.32. The first kappa shape index (κ1) is 23.0. The molecule has 1 aliphatic heterocycles. The Labute approximate surface area is 206 Å². The van der Waals surface area contributed by atoms with Gasteiger partial charge in [-0.25, -0.2) is 0 Å². The molecule has 6 rings (SSSR count). The number of hydrogen-bond acceptors (Lipinski definition) is 5. The summed E-state index contributed by atoms with van der Waals surface area (Å²) in [5.41, 5.74) is 0.275. The molecule has 2 N–H and O–H groups in total. The largest absolute Gasteiger partial charge is 0.462 e. The molecule has 6 nitrogen and oxygen atoms in total. The van der Waals surface area contributed by atoms with Gasteiger partial charge in [0.15, 0.2) is 5.60 Å². The van der Waals surface area contributed by atoms with Crippen molar-refractivity contribution >= 4 is 23.3 Å². The summed E-state index contributed by atoms with van der Waals surface area (Å²) in [5.74, 6) is -0.407. The van der Waals surface area contributed by atoms with Crippen LogP contribution in [0.4, 0.5) is 5.69 Å². The third-order valence-corrected chi connectivity index (χ3v) is 10.6. The second-order valence-corrected chi connectivity index (χ2v) is 12.1. The van der Waals surface area contributed by atoms with Gasteiger partial charge in [0.25, 0.3) is 5.91 Å². The average molecular weight is 478 g/mol. The predicted octanol–water partition coefficient (Wildman–Crippen LogP) is 4.52. The molecule has 0 spiro atoms. The van der Waals surface area contributed by atoms with Crippen LogP contribution in [0, 0.1) is 34.5 Å². The first-order chi connectivity index (χ1) is 16.6. The molecule has 6 heteroatoms. The van der Waals surface area contributed by atoms with Crippen LogP contribution in [0.15, 0.2) is 35.9 Å². The highest BCUT2D eigenvalue weighted by molar-refractivity contribution is 6.09. The first-order valence-electron chi connectivity index (χ1n) is 13.1. The molecular weight excluding hydrogens is 442 g/mol. The molecule has 0 saturated heterocycles. The number of Topliss-reactive ketones (excluding diaryl/α,β-unsaturated/α-hetero) is 1. The highest BCUT2D eigenvalue weighted by atomic mass is 16.5. The van der Waals surface area contributed by atoms with Crippen molar-refractivity contribution in [3.63, 3.8) is 0 Å². The monoisotopic (exact) mass is 477 g/mol. The number of nitrogens with one attached hydrogen (secondary N) is 1. The number of hydrogen-bond donors (Lipinski definition) is 2. The summed E-state index contributed by atoms with van der Waals surface area (Å²) in [5, 5.41) is 14.6. The quantitative estimate of drug-likeness (QED) is 0.483. The summed E-state index contributed by atoms with van der Waals surface area (Å²) in [6.07, 6.45) is 8.20. The minimum Gasteiger partial charge on any atom is -0.462 e. The van der Waals surface area contributed by atoms with Gasteiger partial charge in [-0.05, 0) is 67.8 Å². The van der Waals surface area contributed by atoms with E-state index in [4.69, 9.17) is 4.74 Å². The summed E-state index contributed by atoms with van der Waals surface area (Å²) in [6, 6.07) is 7.20. The minimum atomic E-state index is -1.80. The Bertz CT molecular complexity index is 1160. The Morgan fingerprint density at radius 1 is 1.09 bits per heavy atom. The highest BCUT2D eigenvalue weighted by Crippen LogP contribution is 2.66. The topological polar surface area (TPSA) is 92.7 Å². The number of ketones is 1. The van der Waals surface area contributed by atoms with Crippen molar-refractivity contribution in [2.75, 3.05) is 5.32 Å². The van der Waals surface area contributed by atoms with Crippen LogP contribution in [0.25, 0.3) is 0 Å². The number of esters is 1. The molecule has 35 heavy (non-hydrogen) atoms. The van der Waals surface area contributed by atoms with E-state index in [1.54, 1.807) is 12.1 Å². The van der Waals surface area contributed by atoms with Gasteiger partial charge < -0.3 is 15.2 Å². The van der Waals surface area contributed by atoms with Crippen molar-refractivity contribution in [2.24, 2.45) is 34.5 Å². The van der Waals surface area contributed by atoms with Gasteiger partial charge >= 0.3 is 5.97 Å². The van der Waals surface area contributed by atoms with Crippen molar-refractivity contribution in [2.45, 2.75) is 77.4 Å². The van der Waals surface area contributed by atoms with Crippen molar-refractivity contribution < 1.29 is 24.2 Å². The number of carbonyl (C=O) groups is 3. The number of ether oxygens (including phenoxy) is 1. The summed E-state index contributed by atoms with van der Waals surface area (Å²) in [6.45, 7) is 5.92. The van der Waals surface area contributed by atoms with Crippen LogP contribution in [-0.4, -0.2) is 28.9 Å². The minimum absolute atomic E-state index is 0.0372. The maximum absolute atomic E-state index is 14.0. The molecule has 4 aliphatic carbocycles. The molecule has 1 aromatic rings. The van der Waals surface area contributed by atoms with Crippen molar-refractivity contribution in [1.29, 1.82) is 0 Å². The molecule has 8 atom stereocenters. The molecule has 0 aromatic heterocycles. The molecule has 186 valence electrons. The van der Waals surface area contributed by atoms with E-state index < -0.39 is 22.8 Å². The zero-order chi connectivity index (χ0) is 24.8. The first-order valence-corrected chi connectivity index (χ1v) is 13.1. The van der Waals surface area contributed by atoms with Crippen LogP contribution < -0.4 is 5.32 Å². The summed E-state index contributed by atoms with van der Waals surface area (Å²) in [7, 11) is 0. The lowest BCUT2D eigenvalue weighted by molar-refractivity contribution is -0.150. The van der Waals surface area contributed by atoms with Crippen molar-refractivity contribution in [1.82, 2.24) is 0 Å². The van der Waals surface area contributed by atoms with E-state index in [-0.39, 0.29) is 29.2 Å². The number of rotatable bonds is 2. The second-order valence-electron chi connectivity index (χ2n) is 12.1. The summed E-state index contributed by atoms with van der Waals surface area (Å²) in [4.78, 5) is 38.6. The van der Waals surface area contributed by atoms with Gasteiger partial charge in [-0.15, -0.1) is 0 Å². The molecule has 3 fully saturated rings. The van der Waals surface area contributed by atoms with Crippen LogP contribution in [-0.2, 0) is 24.7 Å². The number of amides is 1. The molecular formula is C29H35NO5. The number of carbonyl (C=O) groups excluding carboxylic acids is 3. The van der Waals surface area contributed by atoms with Gasteiger partial charge in [0, 0.05) is 30.0 Å². The Kier molecular flexibility index (Phi) is 4.93. The average Bonchev–Trinajstić information content (AvgIpc) is 3.24. The summed E-state index contributed by atoms with van der Waals surface area (Å²) < 4.78 is 5.55. The van der Waals surface area contributed by atoms with Crippen LogP contribution in [0.5, 0.6) is 0 Å². The van der Waals surface area contributed by atoms with Gasteiger partial charge in [-0.1, -0.05) is 43.7 Å². The number of para-hydroxylation sites is 1. The summed E-state index contributed by atoms with van der Waals surface area (Å²) >= 11 is 0. The van der Waals surface area contributed by atoms with Gasteiger partial charge in [0.05, 0.1) is 5.92 Å². The molecule has 5 aliphatic rings. The molecule has 0 bridgehead atoms. The lowest BCUT2D eigenvalue weighted by Gasteiger charge is -2.56. The van der Waals surface area contributed by atoms with Crippen molar-refractivity contribution in [3.05, 3.63) is 41.5 Å². The Morgan fingerprint density at radius 2 is 1.83 bits per heavy atom. The number of aliphatic hydroxyl groups is 1. The zero-order valence-electron chi connectivity index (χ0n) is 20.8. The van der Waals surface area contributed by atoms with Crippen molar-refractivity contribution in [3.8, 4) is 0 Å².